The summed E-state index contributed by atoms with van der Waals surface area (Å²) in [4.78, 5) is 19.7. The van der Waals surface area contributed by atoms with Crippen molar-refractivity contribution in [3.8, 4) is 11.4 Å². The first kappa shape index (κ1) is 16.5. The first-order chi connectivity index (χ1) is 12.7. The van der Waals surface area contributed by atoms with Crippen LogP contribution in [0.3, 0.4) is 0 Å². The number of amides is 1. The van der Waals surface area contributed by atoms with Crippen LogP contribution >= 0.6 is 0 Å². The Labute approximate surface area is 151 Å². The average molecular weight is 350 g/mol. The van der Waals surface area contributed by atoms with Crippen LogP contribution in [0.25, 0.3) is 11.4 Å². The van der Waals surface area contributed by atoms with E-state index >= 15 is 0 Å². The zero-order valence-corrected chi connectivity index (χ0v) is 14.6. The summed E-state index contributed by atoms with van der Waals surface area (Å²) in [6, 6.07) is 12.1. The molecule has 7 heteroatoms. The van der Waals surface area contributed by atoms with E-state index in [2.05, 4.69) is 25.7 Å². The van der Waals surface area contributed by atoms with Gasteiger partial charge in [-0.15, -0.1) is 0 Å². The fraction of sp³-hybridized carbons (Fsp3) is 0.316. The van der Waals surface area contributed by atoms with Gasteiger partial charge in [0.2, 0.25) is 5.91 Å². The number of carbonyl (C=O) groups is 1. The van der Waals surface area contributed by atoms with E-state index in [0.29, 0.717) is 13.0 Å². The predicted molar refractivity (Wildman–Crippen MR) is 98.0 cm³/mol. The molecule has 0 radical (unpaired) electrons. The zero-order valence-electron chi connectivity index (χ0n) is 14.6. The fourth-order valence-corrected chi connectivity index (χ4v) is 3.42. The van der Waals surface area contributed by atoms with Gasteiger partial charge < -0.3 is 15.6 Å². The Morgan fingerprint density at radius 1 is 1.27 bits per heavy atom. The molecule has 3 aromatic rings. The number of carbonyl (C=O) groups excluding carboxylic acids is 1. The first-order valence-corrected chi connectivity index (χ1v) is 8.80. The van der Waals surface area contributed by atoms with Crippen LogP contribution in [-0.4, -0.2) is 31.7 Å². The summed E-state index contributed by atoms with van der Waals surface area (Å²) in [6.07, 6.45) is 4.94. The number of aryl methyl sites for hydroxylation is 1. The minimum Gasteiger partial charge on any atom is -0.346 e. The zero-order chi connectivity index (χ0) is 17.9. The molecule has 1 aliphatic rings. The molecule has 1 aromatic carbocycles. The molecule has 1 fully saturated rings. The number of nitrogens with zero attached hydrogens (tertiary/aromatic N) is 3. The molecule has 7 nitrogen and oxygen atoms in total. The van der Waals surface area contributed by atoms with Gasteiger partial charge in [0.1, 0.15) is 5.82 Å². The molecule has 3 heterocycles. The van der Waals surface area contributed by atoms with Crippen molar-refractivity contribution in [1.82, 2.24) is 30.4 Å². The first-order valence-electron chi connectivity index (χ1n) is 8.80. The largest absolute Gasteiger partial charge is 0.346 e. The maximum atomic E-state index is 11.9. The molecule has 26 heavy (non-hydrogen) atoms. The van der Waals surface area contributed by atoms with Crippen molar-refractivity contribution < 1.29 is 4.79 Å². The van der Waals surface area contributed by atoms with Gasteiger partial charge in [0, 0.05) is 49.7 Å². The third-order valence-corrected chi connectivity index (χ3v) is 4.81. The number of aromatic amines is 1. The van der Waals surface area contributed by atoms with Crippen LogP contribution in [0.4, 0.5) is 0 Å². The number of hydrogen-bond acceptors (Lipinski definition) is 4. The highest BCUT2D eigenvalue weighted by atomic mass is 16.1. The topological polar surface area (TPSA) is 87.6 Å². The van der Waals surface area contributed by atoms with Gasteiger partial charge in [-0.05, 0) is 12.5 Å². The minimum atomic E-state index is -0.0831. The maximum Gasteiger partial charge on any atom is 0.220 e. The molecular formula is C19H22N6O. The van der Waals surface area contributed by atoms with Crippen molar-refractivity contribution in [2.45, 2.75) is 31.5 Å². The van der Waals surface area contributed by atoms with Crippen LogP contribution in [0.15, 0.2) is 48.8 Å². The lowest BCUT2D eigenvalue weighted by molar-refractivity contribution is -0.124. The molecule has 1 aliphatic heterocycles. The van der Waals surface area contributed by atoms with Crippen LogP contribution in [0.2, 0.25) is 0 Å². The van der Waals surface area contributed by atoms with E-state index in [0.717, 1.165) is 29.2 Å². The minimum absolute atomic E-state index is 0.0831. The van der Waals surface area contributed by atoms with E-state index in [-0.39, 0.29) is 18.0 Å². The lowest BCUT2D eigenvalue weighted by Gasteiger charge is -2.33. The number of hydrogen-bond donors (Lipinski definition) is 3. The van der Waals surface area contributed by atoms with Crippen LogP contribution in [0, 0.1) is 0 Å². The summed E-state index contributed by atoms with van der Waals surface area (Å²) in [7, 11) is 1.90. The highest BCUT2D eigenvalue weighted by Gasteiger charge is 2.31. The van der Waals surface area contributed by atoms with Crippen LogP contribution in [-0.2, 0) is 18.4 Å². The third-order valence-electron chi connectivity index (χ3n) is 4.81. The SMILES string of the molecule is Cn1nccc1[C@@H]1NC(=O)CC[C@H]1NCc1cnc(-c2ccccc2)[nH]1. The van der Waals surface area contributed by atoms with Gasteiger partial charge in [-0.3, -0.25) is 9.48 Å². The lowest BCUT2D eigenvalue weighted by Crippen LogP contribution is -2.48. The van der Waals surface area contributed by atoms with Gasteiger partial charge in [0.05, 0.1) is 11.7 Å². The second kappa shape index (κ2) is 7.13. The second-order valence-corrected chi connectivity index (χ2v) is 6.57. The maximum absolute atomic E-state index is 11.9. The molecule has 1 amide bonds. The molecule has 0 bridgehead atoms. The van der Waals surface area contributed by atoms with Crippen molar-refractivity contribution in [1.29, 1.82) is 0 Å². The Bertz CT molecular complexity index is 884. The normalized spacial score (nSPS) is 20.1. The van der Waals surface area contributed by atoms with Gasteiger partial charge in [0.15, 0.2) is 0 Å². The van der Waals surface area contributed by atoms with Crippen molar-refractivity contribution in [2.24, 2.45) is 7.05 Å². The monoisotopic (exact) mass is 350 g/mol. The van der Waals surface area contributed by atoms with E-state index in [4.69, 9.17) is 0 Å². The number of imidazole rings is 1. The Hall–Kier alpha value is -2.93. The van der Waals surface area contributed by atoms with Gasteiger partial charge >= 0.3 is 0 Å². The van der Waals surface area contributed by atoms with Gasteiger partial charge in [-0.1, -0.05) is 30.3 Å². The summed E-state index contributed by atoms with van der Waals surface area (Å²) in [6.45, 7) is 0.661. The molecule has 0 spiro atoms. The number of aromatic nitrogens is 4. The van der Waals surface area contributed by atoms with E-state index in [1.165, 1.54) is 0 Å². The van der Waals surface area contributed by atoms with Crippen molar-refractivity contribution in [2.75, 3.05) is 0 Å². The molecule has 0 unspecified atom stereocenters. The Balaban J connectivity index is 1.45. The number of H-pyrrole nitrogens is 1. The van der Waals surface area contributed by atoms with Crippen molar-refractivity contribution in [3.05, 3.63) is 60.2 Å². The molecule has 0 aliphatic carbocycles. The van der Waals surface area contributed by atoms with Crippen molar-refractivity contribution >= 4 is 5.91 Å². The second-order valence-electron chi connectivity index (χ2n) is 6.57. The summed E-state index contributed by atoms with van der Waals surface area (Å²) in [5.74, 6) is 0.949. The molecule has 2 aromatic heterocycles. The Kier molecular flexibility index (Phi) is 4.53. The van der Waals surface area contributed by atoms with E-state index in [1.54, 1.807) is 6.20 Å². The Morgan fingerprint density at radius 2 is 2.12 bits per heavy atom. The van der Waals surface area contributed by atoms with Crippen LogP contribution in [0.5, 0.6) is 0 Å². The number of benzene rings is 1. The summed E-state index contributed by atoms with van der Waals surface area (Å²) in [5.41, 5.74) is 3.09. The van der Waals surface area contributed by atoms with Gasteiger partial charge in [-0.25, -0.2) is 4.98 Å². The number of piperidine rings is 1. The van der Waals surface area contributed by atoms with Gasteiger partial charge in [0.25, 0.3) is 0 Å². The molecule has 3 N–H and O–H groups in total. The standard InChI is InChI=1S/C19H22N6O/c1-25-16(9-10-22-25)18-15(7-8-17(26)24-18)20-11-14-12-21-19(23-14)13-5-3-2-4-6-13/h2-6,9-10,12,15,18,20H,7-8,11H2,1H3,(H,21,23)(H,24,26)/t15-,18-/m1/s1. The average Bonchev–Trinajstić information content (AvgIpc) is 3.30. The number of nitrogens with one attached hydrogen (secondary N) is 3. The lowest BCUT2D eigenvalue weighted by atomic mass is 9.95. The molecular weight excluding hydrogens is 328 g/mol. The van der Waals surface area contributed by atoms with E-state index < -0.39 is 0 Å². The molecule has 0 saturated carbocycles. The predicted octanol–water partition coefficient (Wildman–Crippen LogP) is 1.92. The van der Waals surface area contributed by atoms with Crippen LogP contribution < -0.4 is 10.6 Å². The molecule has 2 atom stereocenters. The molecule has 134 valence electrons. The highest BCUT2D eigenvalue weighted by Crippen LogP contribution is 2.24. The fourth-order valence-electron chi connectivity index (χ4n) is 3.42. The third kappa shape index (κ3) is 3.39. The summed E-state index contributed by atoms with van der Waals surface area (Å²) in [5, 5.41) is 10.9. The van der Waals surface area contributed by atoms with Crippen molar-refractivity contribution in [3.63, 3.8) is 0 Å². The van der Waals surface area contributed by atoms with E-state index in [9.17, 15) is 4.79 Å². The van der Waals surface area contributed by atoms with Gasteiger partial charge in [-0.2, -0.15) is 5.10 Å². The quantitative estimate of drug-likeness (QED) is 0.656. The molecule has 1 saturated heterocycles. The Morgan fingerprint density at radius 3 is 2.88 bits per heavy atom. The smallest absolute Gasteiger partial charge is 0.220 e. The number of rotatable bonds is 5. The van der Waals surface area contributed by atoms with E-state index in [1.807, 2.05) is 54.3 Å². The highest BCUT2D eigenvalue weighted by molar-refractivity contribution is 5.77. The summed E-state index contributed by atoms with van der Waals surface area (Å²) >= 11 is 0. The van der Waals surface area contributed by atoms with Crippen LogP contribution in [0.1, 0.15) is 30.3 Å². The summed E-state index contributed by atoms with van der Waals surface area (Å²) < 4.78 is 1.81. The molecule has 4 rings (SSSR count).